The van der Waals surface area contributed by atoms with E-state index < -0.39 is 0 Å². The molecule has 0 unspecified atom stereocenters. The Balaban J connectivity index is -0.000000845. The molecule has 15 heavy (non-hydrogen) atoms. The third-order valence-electron chi connectivity index (χ3n) is 3.02. The first-order chi connectivity index (χ1) is 6.29. The van der Waals surface area contributed by atoms with E-state index in [-0.39, 0.29) is 25.9 Å². The fourth-order valence-corrected chi connectivity index (χ4v) is 2.30. The maximum absolute atomic E-state index is 5.74. The van der Waals surface area contributed by atoms with Crippen molar-refractivity contribution < 1.29 is 24.1 Å². The smallest absolute Gasteiger partial charge is 1.00 e. The van der Waals surface area contributed by atoms with E-state index in [0.29, 0.717) is 5.92 Å². The van der Waals surface area contributed by atoms with Crippen LogP contribution >= 0.6 is 0 Å². The van der Waals surface area contributed by atoms with Gasteiger partial charge in [-0.25, -0.2) is 0 Å². The summed E-state index contributed by atoms with van der Waals surface area (Å²) in [6, 6.07) is 0. The maximum Gasteiger partial charge on any atom is 1.00 e. The molecule has 0 N–H and O–H groups in total. The molecule has 1 nitrogen and oxygen atoms in total. The van der Waals surface area contributed by atoms with Gasteiger partial charge in [-0.05, 0) is 44.4 Å². The summed E-state index contributed by atoms with van der Waals surface area (Å²) in [5.41, 5.74) is 0.0841. The fraction of sp³-hybridized carbons (Fsp3) is 1.00. The van der Waals surface area contributed by atoms with E-state index in [9.17, 15) is 0 Å². The van der Waals surface area contributed by atoms with Crippen LogP contribution in [0.15, 0.2) is 0 Å². The molecule has 0 fully saturated rings. The van der Waals surface area contributed by atoms with Crippen LogP contribution in [0.1, 0.15) is 55.8 Å². The monoisotopic (exact) mass is 222 g/mol. The Morgan fingerprint density at radius 3 is 1.60 bits per heavy atom. The fourth-order valence-electron chi connectivity index (χ4n) is 1.97. The first-order valence-corrected chi connectivity index (χ1v) is 6.66. The molecule has 3 heteroatoms. The summed E-state index contributed by atoms with van der Waals surface area (Å²) < 4.78 is 5.74. The molecule has 0 aromatic heterocycles. The molecule has 0 aliphatic carbocycles. The van der Waals surface area contributed by atoms with Gasteiger partial charge in [0.25, 0.3) is 0 Å². The van der Waals surface area contributed by atoms with Crippen molar-refractivity contribution in [1.82, 2.24) is 0 Å². The van der Waals surface area contributed by atoms with Gasteiger partial charge in [0, 0.05) is 5.60 Å². The van der Waals surface area contributed by atoms with Crippen LogP contribution in [-0.4, -0.2) is 22.2 Å². The van der Waals surface area contributed by atoms with E-state index in [1.165, 1.54) is 12.8 Å². The Morgan fingerprint density at radius 2 is 1.40 bits per heavy atom. The van der Waals surface area contributed by atoms with Crippen molar-refractivity contribution in [2.45, 2.75) is 60.0 Å². The van der Waals surface area contributed by atoms with Gasteiger partial charge in [0.2, 0.25) is 0 Å². The van der Waals surface area contributed by atoms with Gasteiger partial charge in [0.1, 0.15) is 0 Å². The Bertz CT molecular complexity index is 153. The molecular formula is C12H28AlLiO. The molecule has 0 rings (SSSR count). The molecule has 0 amide bonds. The SMILES string of the molecule is CC(C)CC(CC(C)C)C(C)(C)[O][AlH2].[H-].[Li+]. The molecule has 0 saturated heterocycles. The summed E-state index contributed by atoms with van der Waals surface area (Å²) >= 11 is 0.846. The van der Waals surface area contributed by atoms with Gasteiger partial charge in [0.05, 0.1) is 0 Å². The molecule has 0 radical (unpaired) electrons. The zero-order valence-corrected chi connectivity index (χ0v) is 14.1. The van der Waals surface area contributed by atoms with Crippen LogP contribution in [0.2, 0.25) is 0 Å². The number of hydrogen-bond acceptors (Lipinski definition) is 1. The Labute approximate surface area is 118 Å². The van der Waals surface area contributed by atoms with Crippen LogP contribution in [-0.2, 0) is 3.79 Å². The van der Waals surface area contributed by atoms with E-state index in [4.69, 9.17) is 3.79 Å². The van der Waals surface area contributed by atoms with Gasteiger partial charge in [-0.2, -0.15) is 0 Å². The molecule has 0 aliphatic rings. The van der Waals surface area contributed by atoms with Gasteiger partial charge >= 0.3 is 35.5 Å². The first-order valence-electron chi connectivity index (χ1n) is 5.84. The zero-order valence-electron chi connectivity index (χ0n) is 13.1. The predicted octanol–water partition coefficient (Wildman–Crippen LogP) is 0.155. The van der Waals surface area contributed by atoms with Crippen LogP contribution in [0.4, 0.5) is 0 Å². The Kier molecular flexibility index (Phi) is 10.1. The van der Waals surface area contributed by atoms with Crippen molar-refractivity contribution in [3.8, 4) is 0 Å². The summed E-state index contributed by atoms with van der Waals surface area (Å²) in [7, 11) is 0. The topological polar surface area (TPSA) is 9.23 Å². The molecular weight excluding hydrogens is 194 g/mol. The minimum Gasteiger partial charge on any atom is -1.00 e. The predicted molar refractivity (Wildman–Crippen MR) is 67.2 cm³/mol. The average molecular weight is 222 g/mol. The van der Waals surface area contributed by atoms with Crippen molar-refractivity contribution in [3.63, 3.8) is 0 Å². The zero-order chi connectivity index (χ0) is 11.4. The third-order valence-corrected chi connectivity index (χ3v) is 4.07. The van der Waals surface area contributed by atoms with Crippen molar-refractivity contribution in [3.05, 3.63) is 0 Å². The molecule has 86 valence electrons. The largest absolute Gasteiger partial charge is 1.00 e. The summed E-state index contributed by atoms with van der Waals surface area (Å²) in [5.74, 6) is 2.25. The summed E-state index contributed by atoms with van der Waals surface area (Å²) in [6.45, 7) is 13.7. The normalized spacial score (nSPS) is 12.3. The molecule has 0 heterocycles. The third kappa shape index (κ3) is 7.90. The second kappa shape index (κ2) is 8.22. The summed E-state index contributed by atoms with van der Waals surface area (Å²) in [5, 5.41) is 0. The van der Waals surface area contributed by atoms with Gasteiger partial charge < -0.3 is 5.22 Å². The second-order valence-corrected chi connectivity index (χ2v) is 6.17. The number of rotatable bonds is 6. The standard InChI is InChI=1S/C12H25O.Al.Li.3H/c1-9(2)7-11(8-10(3)4)12(5,6)13;;;;;/h9-11H,7-8H2,1-6H3;;;;;/q-1;2*+1;;;-1. The molecule has 0 aromatic carbocycles. The summed E-state index contributed by atoms with van der Waals surface area (Å²) in [4.78, 5) is 0. The molecule has 0 aliphatic heterocycles. The van der Waals surface area contributed by atoms with Gasteiger partial charge in [0.15, 0.2) is 0 Å². The minimum atomic E-state index is 0. The van der Waals surface area contributed by atoms with Gasteiger partial charge in [-0.15, -0.1) is 0 Å². The maximum atomic E-state index is 5.74. The van der Waals surface area contributed by atoms with Crippen LogP contribution < -0.4 is 18.9 Å². The minimum absolute atomic E-state index is 0. The first kappa shape index (κ1) is 18.5. The average Bonchev–Trinajstić information content (AvgIpc) is 2.01. The van der Waals surface area contributed by atoms with Crippen molar-refractivity contribution in [2.75, 3.05) is 0 Å². The van der Waals surface area contributed by atoms with Gasteiger partial charge in [-0.3, -0.25) is 0 Å². The Hall–Kier alpha value is 1.09. The second-order valence-electron chi connectivity index (χ2n) is 5.76. The van der Waals surface area contributed by atoms with E-state index in [1.807, 2.05) is 0 Å². The number of hydrogen-bond donors (Lipinski definition) is 0. The molecule has 0 atom stereocenters. The van der Waals surface area contributed by atoms with Crippen molar-refractivity contribution in [1.29, 1.82) is 0 Å². The van der Waals surface area contributed by atoms with Crippen LogP contribution in [0.25, 0.3) is 0 Å². The molecule has 0 bridgehead atoms. The molecule has 0 saturated carbocycles. The van der Waals surface area contributed by atoms with Crippen molar-refractivity contribution in [2.24, 2.45) is 17.8 Å². The Morgan fingerprint density at radius 1 is 1.07 bits per heavy atom. The quantitative estimate of drug-likeness (QED) is 0.582. The van der Waals surface area contributed by atoms with E-state index in [0.717, 1.165) is 28.5 Å². The molecule has 0 spiro atoms. The van der Waals surface area contributed by atoms with E-state index >= 15 is 0 Å². The van der Waals surface area contributed by atoms with Crippen LogP contribution in [0.3, 0.4) is 0 Å². The van der Waals surface area contributed by atoms with Crippen molar-refractivity contribution >= 4 is 16.6 Å². The van der Waals surface area contributed by atoms with Crippen LogP contribution in [0, 0.1) is 17.8 Å². The molecule has 0 aromatic rings. The van der Waals surface area contributed by atoms with E-state index in [2.05, 4.69) is 41.5 Å². The van der Waals surface area contributed by atoms with E-state index in [1.54, 1.807) is 0 Å². The van der Waals surface area contributed by atoms with Crippen LogP contribution in [0.5, 0.6) is 0 Å². The van der Waals surface area contributed by atoms with Gasteiger partial charge in [-0.1, -0.05) is 27.7 Å². The summed E-state index contributed by atoms with van der Waals surface area (Å²) in [6.07, 6.45) is 2.57.